The van der Waals surface area contributed by atoms with Gasteiger partial charge in [-0.15, -0.1) is 11.3 Å². The maximum atomic E-state index is 12.9. The molecule has 0 radical (unpaired) electrons. The van der Waals surface area contributed by atoms with Crippen molar-refractivity contribution in [3.8, 4) is 0 Å². The maximum Gasteiger partial charge on any atom is 0.256 e. The molecule has 0 aliphatic heterocycles. The van der Waals surface area contributed by atoms with E-state index in [2.05, 4.69) is 21.3 Å². The third-order valence-electron chi connectivity index (χ3n) is 4.15. The Hall–Kier alpha value is -2.08. The average molecular weight is 362 g/mol. The van der Waals surface area contributed by atoms with Crippen molar-refractivity contribution in [3.05, 3.63) is 45.4 Å². The molecule has 0 aliphatic rings. The Balaban J connectivity index is 2.18. The molecule has 25 heavy (non-hydrogen) atoms. The number of likely N-dealkylation sites (N-methyl/N-ethyl adjacent to an activating group) is 1. The second-order valence-electron chi connectivity index (χ2n) is 6.49. The minimum absolute atomic E-state index is 0.0668. The Morgan fingerprint density at radius 3 is 2.60 bits per heavy atom. The summed E-state index contributed by atoms with van der Waals surface area (Å²) in [5.74, 6) is -0.218. The highest BCUT2D eigenvalue weighted by Crippen LogP contribution is 2.20. The molecule has 2 heterocycles. The average Bonchev–Trinajstić information content (AvgIpc) is 3.15. The van der Waals surface area contributed by atoms with Gasteiger partial charge in [-0.05, 0) is 52.1 Å². The molecule has 0 atom stereocenters. The van der Waals surface area contributed by atoms with E-state index < -0.39 is 0 Å². The van der Waals surface area contributed by atoms with Crippen molar-refractivity contribution in [1.29, 1.82) is 0 Å². The minimum atomic E-state index is -0.127. The van der Waals surface area contributed by atoms with E-state index in [1.54, 1.807) is 16.2 Å². The number of carbonyl (C=O) groups excluding carboxylic acids is 2. The molecule has 2 amide bonds. The van der Waals surface area contributed by atoms with Gasteiger partial charge in [-0.1, -0.05) is 6.07 Å². The van der Waals surface area contributed by atoms with Crippen LogP contribution in [0.2, 0.25) is 0 Å². The summed E-state index contributed by atoms with van der Waals surface area (Å²) in [6.07, 6.45) is 0. The second kappa shape index (κ2) is 8.34. The first-order valence-corrected chi connectivity index (χ1v) is 9.49. The first-order valence-electron chi connectivity index (χ1n) is 8.61. The molecule has 136 valence electrons. The van der Waals surface area contributed by atoms with Crippen molar-refractivity contribution < 1.29 is 9.59 Å². The third-order valence-corrected chi connectivity index (χ3v) is 5.01. The van der Waals surface area contributed by atoms with Crippen molar-refractivity contribution in [3.63, 3.8) is 0 Å². The van der Waals surface area contributed by atoms with E-state index in [-0.39, 0.29) is 24.4 Å². The Morgan fingerprint density at radius 1 is 1.32 bits per heavy atom. The molecule has 0 saturated heterocycles. The van der Waals surface area contributed by atoms with Crippen LogP contribution >= 0.6 is 11.3 Å². The van der Waals surface area contributed by atoms with Crippen LogP contribution in [0.5, 0.6) is 0 Å². The van der Waals surface area contributed by atoms with E-state index in [0.29, 0.717) is 12.1 Å². The summed E-state index contributed by atoms with van der Waals surface area (Å²) in [4.78, 5) is 27.8. The van der Waals surface area contributed by atoms with E-state index in [0.717, 1.165) is 17.9 Å². The lowest BCUT2D eigenvalue weighted by molar-refractivity contribution is -0.122. The summed E-state index contributed by atoms with van der Waals surface area (Å²) in [6.45, 7) is 11.0. The van der Waals surface area contributed by atoms with Crippen molar-refractivity contribution in [2.24, 2.45) is 0 Å². The first-order chi connectivity index (χ1) is 11.8. The molecule has 0 fully saturated rings. The van der Waals surface area contributed by atoms with E-state index in [1.165, 1.54) is 4.88 Å². The number of hydrogen-bond acceptors (Lipinski definition) is 3. The number of carbonyl (C=O) groups is 2. The Labute approximate surface area is 153 Å². The zero-order chi connectivity index (χ0) is 18.6. The lowest BCUT2D eigenvalue weighted by Crippen LogP contribution is -2.42. The summed E-state index contributed by atoms with van der Waals surface area (Å²) in [7, 11) is 0. The van der Waals surface area contributed by atoms with E-state index in [1.807, 2.05) is 46.8 Å². The quantitative estimate of drug-likeness (QED) is 0.823. The van der Waals surface area contributed by atoms with Gasteiger partial charge < -0.3 is 14.8 Å². The van der Waals surface area contributed by atoms with Crippen LogP contribution in [-0.4, -0.2) is 40.4 Å². The summed E-state index contributed by atoms with van der Waals surface area (Å²) in [6, 6.07) is 6.12. The normalized spacial score (nSPS) is 11.0. The topological polar surface area (TPSA) is 54.3 Å². The van der Waals surface area contributed by atoms with E-state index in [4.69, 9.17) is 0 Å². The van der Waals surface area contributed by atoms with Crippen molar-refractivity contribution in [2.75, 3.05) is 13.1 Å². The maximum absolute atomic E-state index is 12.9. The van der Waals surface area contributed by atoms with Gasteiger partial charge in [-0.3, -0.25) is 9.59 Å². The van der Waals surface area contributed by atoms with Gasteiger partial charge in [0.1, 0.15) is 0 Å². The highest BCUT2D eigenvalue weighted by Gasteiger charge is 2.22. The van der Waals surface area contributed by atoms with Crippen LogP contribution in [0, 0.1) is 13.8 Å². The van der Waals surface area contributed by atoms with Crippen LogP contribution in [-0.2, 0) is 11.3 Å². The molecule has 2 aromatic heterocycles. The molecule has 0 unspecified atom stereocenters. The summed E-state index contributed by atoms with van der Waals surface area (Å²) >= 11 is 1.71. The minimum Gasteiger partial charge on any atom is -0.352 e. The number of aromatic nitrogens is 1. The van der Waals surface area contributed by atoms with Crippen LogP contribution < -0.4 is 5.32 Å². The summed E-state index contributed by atoms with van der Waals surface area (Å²) in [5, 5.41) is 4.90. The molecule has 0 spiro atoms. The second-order valence-corrected chi connectivity index (χ2v) is 7.52. The Morgan fingerprint density at radius 2 is 2.04 bits per heavy atom. The molecular formula is C19H27N3O2S. The first kappa shape index (κ1) is 19.2. The van der Waals surface area contributed by atoms with Crippen LogP contribution in [0.3, 0.4) is 0 Å². The van der Waals surface area contributed by atoms with Gasteiger partial charge in [0.25, 0.3) is 5.91 Å². The number of aryl methyl sites for hydroxylation is 1. The molecule has 2 rings (SSSR count). The zero-order valence-corrected chi connectivity index (χ0v) is 16.4. The number of nitrogens with one attached hydrogen (secondary N) is 1. The van der Waals surface area contributed by atoms with Gasteiger partial charge in [0.05, 0.1) is 18.7 Å². The van der Waals surface area contributed by atoms with Crippen molar-refractivity contribution >= 4 is 23.2 Å². The fourth-order valence-electron chi connectivity index (χ4n) is 2.86. The molecule has 0 bridgehead atoms. The van der Waals surface area contributed by atoms with Gasteiger partial charge >= 0.3 is 0 Å². The van der Waals surface area contributed by atoms with E-state index >= 15 is 0 Å². The van der Waals surface area contributed by atoms with Gasteiger partial charge in [0.2, 0.25) is 5.91 Å². The number of thiophene rings is 1. The molecule has 6 heteroatoms. The SMILES string of the molecule is CCN(CC(=O)NC(C)C)C(=O)c1cc(C)n(Cc2cccs2)c1C. The van der Waals surface area contributed by atoms with Gasteiger partial charge in [0.15, 0.2) is 0 Å². The van der Waals surface area contributed by atoms with Crippen LogP contribution in [0.4, 0.5) is 0 Å². The predicted octanol–water partition coefficient (Wildman–Crippen LogP) is 3.20. The number of hydrogen-bond donors (Lipinski definition) is 1. The van der Waals surface area contributed by atoms with Crippen LogP contribution in [0.1, 0.15) is 47.4 Å². The zero-order valence-electron chi connectivity index (χ0n) is 15.6. The lowest BCUT2D eigenvalue weighted by Gasteiger charge is -2.21. The molecule has 5 nitrogen and oxygen atoms in total. The highest BCUT2D eigenvalue weighted by atomic mass is 32.1. The highest BCUT2D eigenvalue weighted by molar-refractivity contribution is 7.09. The number of nitrogens with zero attached hydrogens (tertiary/aromatic N) is 2. The molecule has 2 aromatic rings. The fourth-order valence-corrected chi connectivity index (χ4v) is 3.55. The molecule has 0 aliphatic carbocycles. The fraction of sp³-hybridized carbons (Fsp3) is 0.474. The van der Waals surface area contributed by atoms with Gasteiger partial charge in [-0.2, -0.15) is 0 Å². The van der Waals surface area contributed by atoms with Gasteiger partial charge in [-0.25, -0.2) is 0 Å². The third kappa shape index (κ3) is 4.72. The monoisotopic (exact) mass is 361 g/mol. The largest absolute Gasteiger partial charge is 0.352 e. The summed E-state index contributed by atoms with van der Waals surface area (Å²) < 4.78 is 2.15. The predicted molar refractivity (Wildman–Crippen MR) is 102 cm³/mol. The number of amides is 2. The van der Waals surface area contributed by atoms with Crippen molar-refractivity contribution in [2.45, 2.75) is 47.2 Å². The molecule has 0 saturated carbocycles. The van der Waals surface area contributed by atoms with Crippen LogP contribution in [0.15, 0.2) is 23.6 Å². The molecular weight excluding hydrogens is 334 g/mol. The molecule has 1 N–H and O–H groups in total. The lowest BCUT2D eigenvalue weighted by atomic mass is 10.2. The van der Waals surface area contributed by atoms with Crippen LogP contribution in [0.25, 0.3) is 0 Å². The standard InChI is InChI=1S/C19H27N3O2S/c1-6-21(12-18(23)20-13(2)3)19(24)17-10-14(4)22(15(17)5)11-16-8-7-9-25-16/h7-10,13H,6,11-12H2,1-5H3,(H,20,23). The summed E-state index contributed by atoms with van der Waals surface area (Å²) in [5.41, 5.74) is 2.67. The molecule has 0 aromatic carbocycles. The van der Waals surface area contributed by atoms with Crippen molar-refractivity contribution in [1.82, 2.24) is 14.8 Å². The Kier molecular flexibility index (Phi) is 6.42. The number of rotatable bonds is 7. The smallest absolute Gasteiger partial charge is 0.256 e. The van der Waals surface area contributed by atoms with E-state index in [9.17, 15) is 9.59 Å². The Bertz CT molecular complexity index is 732. The van der Waals surface area contributed by atoms with Gasteiger partial charge in [0, 0.05) is 28.9 Å².